The Balaban J connectivity index is 1.80. The summed E-state index contributed by atoms with van der Waals surface area (Å²) in [4.78, 5) is 11.7. The minimum absolute atomic E-state index is 0.00985. The number of nitrogens with one attached hydrogen (secondary N) is 1. The van der Waals surface area contributed by atoms with E-state index in [1.54, 1.807) is 11.8 Å². The fraction of sp³-hybridized carbons (Fsp3) is 0.500. The molecule has 0 amide bonds. The van der Waals surface area contributed by atoms with Gasteiger partial charge in [0.2, 0.25) is 0 Å². The Hall–Kier alpha value is -1.60. The van der Waals surface area contributed by atoms with E-state index in [0.29, 0.717) is 18.1 Å². The molecule has 1 saturated carbocycles. The summed E-state index contributed by atoms with van der Waals surface area (Å²) >= 11 is 1.62. The van der Waals surface area contributed by atoms with E-state index in [-0.39, 0.29) is 18.4 Å². The maximum absolute atomic E-state index is 10.5. The number of hydrogen-bond acceptors (Lipinski definition) is 5. The van der Waals surface area contributed by atoms with Crippen LogP contribution in [0.4, 0.5) is 0 Å². The van der Waals surface area contributed by atoms with Crippen LogP contribution in [0.3, 0.4) is 0 Å². The standard InChI is InChI=1S/C22H31NO4S/c24-18(16-28-19-9-5-3-6-10-19)13-14-20-17(12-15-21(20)23-27)8-4-1-2-7-11-22(25)26/h1,3-6,9-10,13-14,17-18,20-21,23-24,27H,2,7-8,11-12,15-16H2,(H,25,26)/b4-1-,14-13+/t17-,18?,20?,21?/m0/s1. The van der Waals surface area contributed by atoms with Gasteiger partial charge in [-0.15, -0.1) is 11.8 Å². The summed E-state index contributed by atoms with van der Waals surface area (Å²) in [5, 5.41) is 28.4. The highest BCUT2D eigenvalue weighted by Crippen LogP contribution is 2.36. The highest BCUT2D eigenvalue weighted by Gasteiger charge is 2.33. The summed E-state index contributed by atoms with van der Waals surface area (Å²) in [6.45, 7) is 0. The number of carboxylic acids is 1. The summed E-state index contributed by atoms with van der Waals surface area (Å²) < 4.78 is 0. The van der Waals surface area contributed by atoms with E-state index in [0.717, 1.165) is 30.6 Å². The number of rotatable bonds is 12. The lowest BCUT2D eigenvalue weighted by atomic mass is 9.90. The molecule has 1 fully saturated rings. The van der Waals surface area contributed by atoms with Crippen LogP contribution in [0.5, 0.6) is 0 Å². The number of benzene rings is 1. The first-order chi connectivity index (χ1) is 13.6. The van der Waals surface area contributed by atoms with E-state index < -0.39 is 12.1 Å². The zero-order chi connectivity index (χ0) is 20.2. The van der Waals surface area contributed by atoms with Crippen LogP contribution < -0.4 is 5.48 Å². The SMILES string of the molecule is O=C(O)CCC/C=C\C[C@H]1CCC(NO)C1/C=C/C(O)CSc1ccccc1. The number of carboxylic acid groups (broad SMARTS) is 1. The van der Waals surface area contributed by atoms with E-state index in [4.69, 9.17) is 5.11 Å². The molecule has 1 aliphatic carbocycles. The van der Waals surface area contributed by atoms with Crippen molar-refractivity contribution in [1.29, 1.82) is 0 Å². The lowest BCUT2D eigenvalue weighted by Gasteiger charge is -2.20. The number of carbonyl (C=O) groups is 1. The van der Waals surface area contributed by atoms with Crippen molar-refractivity contribution in [1.82, 2.24) is 5.48 Å². The topological polar surface area (TPSA) is 89.8 Å². The molecule has 0 bridgehead atoms. The largest absolute Gasteiger partial charge is 0.481 e. The van der Waals surface area contributed by atoms with Gasteiger partial charge in [0.25, 0.3) is 0 Å². The normalized spacial score (nSPS) is 23.6. The van der Waals surface area contributed by atoms with Crippen LogP contribution in [0.1, 0.15) is 38.5 Å². The van der Waals surface area contributed by atoms with Crippen molar-refractivity contribution in [3.05, 3.63) is 54.6 Å². The summed E-state index contributed by atoms with van der Waals surface area (Å²) in [7, 11) is 0. The van der Waals surface area contributed by atoms with Crippen LogP contribution in [-0.2, 0) is 4.79 Å². The van der Waals surface area contributed by atoms with Gasteiger partial charge in [-0.25, -0.2) is 5.48 Å². The smallest absolute Gasteiger partial charge is 0.303 e. The van der Waals surface area contributed by atoms with Crippen molar-refractivity contribution >= 4 is 17.7 Å². The molecule has 0 heterocycles. The summed E-state index contributed by atoms with van der Waals surface area (Å²) in [5.41, 5.74) is 2.42. The van der Waals surface area contributed by atoms with Crippen LogP contribution in [0.15, 0.2) is 59.5 Å². The van der Waals surface area contributed by atoms with Gasteiger partial charge in [-0.05, 0) is 56.1 Å². The van der Waals surface area contributed by atoms with Gasteiger partial charge in [0.05, 0.1) is 6.10 Å². The van der Waals surface area contributed by atoms with Crippen LogP contribution in [-0.4, -0.2) is 39.3 Å². The highest BCUT2D eigenvalue weighted by molar-refractivity contribution is 7.99. The molecule has 0 radical (unpaired) electrons. The van der Waals surface area contributed by atoms with Gasteiger partial charge in [0.15, 0.2) is 0 Å². The second-order valence-corrected chi connectivity index (χ2v) is 8.31. The molecule has 5 nitrogen and oxygen atoms in total. The molecule has 154 valence electrons. The lowest BCUT2D eigenvalue weighted by Crippen LogP contribution is -2.30. The lowest BCUT2D eigenvalue weighted by molar-refractivity contribution is -0.137. The molecule has 1 aromatic carbocycles. The Labute approximate surface area is 171 Å². The fourth-order valence-corrected chi connectivity index (χ4v) is 4.42. The number of thioether (sulfide) groups is 1. The van der Waals surface area contributed by atoms with Crippen molar-refractivity contribution in [3.63, 3.8) is 0 Å². The van der Waals surface area contributed by atoms with E-state index in [1.165, 1.54) is 0 Å². The Morgan fingerprint density at radius 1 is 1.25 bits per heavy atom. The third-order valence-electron chi connectivity index (χ3n) is 5.11. The zero-order valence-corrected chi connectivity index (χ0v) is 16.9. The molecular formula is C22H31NO4S. The summed E-state index contributed by atoms with van der Waals surface area (Å²) in [6.07, 6.45) is 12.0. The number of hydrogen-bond donors (Lipinski definition) is 4. The Kier molecular flexibility index (Phi) is 10.4. The quantitative estimate of drug-likeness (QED) is 0.180. The third-order valence-corrected chi connectivity index (χ3v) is 6.22. The minimum atomic E-state index is -0.754. The van der Waals surface area contributed by atoms with Gasteiger partial charge in [0.1, 0.15) is 0 Å². The van der Waals surface area contributed by atoms with Gasteiger partial charge >= 0.3 is 5.97 Å². The average molecular weight is 406 g/mol. The summed E-state index contributed by atoms with van der Waals surface area (Å²) in [5.74, 6) is 0.421. The number of aliphatic hydroxyl groups is 1. The number of hydroxylamine groups is 1. The molecule has 0 saturated heterocycles. The predicted molar refractivity (Wildman–Crippen MR) is 112 cm³/mol. The number of aliphatic carboxylic acids is 1. The van der Waals surface area contributed by atoms with Gasteiger partial charge < -0.3 is 15.4 Å². The van der Waals surface area contributed by atoms with Crippen molar-refractivity contribution < 1.29 is 20.2 Å². The molecule has 4 atom stereocenters. The van der Waals surface area contributed by atoms with Crippen LogP contribution >= 0.6 is 11.8 Å². The Morgan fingerprint density at radius 3 is 2.75 bits per heavy atom. The Morgan fingerprint density at radius 2 is 2.04 bits per heavy atom. The number of allylic oxidation sites excluding steroid dienone is 2. The average Bonchev–Trinajstić information content (AvgIpc) is 3.09. The first kappa shape index (κ1) is 22.7. The maximum atomic E-state index is 10.5. The van der Waals surface area contributed by atoms with Crippen LogP contribution in [0, 0.1) is 11.8 Å². The third kappa shape index (κ3) is 8.19. The molecule has 0 spiro atoms. The van der Waals surface area contributed by atoms with Crippen LogP contribution in [0.2, 0.25) is 0 Å². The molecule has 2 rings (SSSR count). The van der Waals surface area contributed by atoms with Gasteiger partial charge in [-0.3, -0.25) is 4.79 Å². The molecule has 0 aliphatic heterocycles. The molecule has 3 unspecified atom stereocenters. The van der Waals surface area contributed by atoms with Crippen molar-refractivity contribution in [3.8, 4) is 0 Å². The highest BCUT2D eigenvalue weighted by atomic mass is 32.2. The van der Waals surface area contributed by atoms with E-state index in [1.807, 2.05) is 42.5 Å². The maximum Gasteiger partial charge on any atom is 0.303 e. The molecular weight excluding hydrogens is 374 g/mol. The predicted octanol–water partition coefficient (Wildman–Crippen LogP) is 4.27. The number of unbranched alkanes of at least 4 members (excludes halogenated alkanes) is 1. The molecule has 1 aliphatic rings. The van der Waals surface area contributed by atoms with Crippen LogP contribution in [0.25, 0.3) is 0 Å². The fourth-order valence-electron chi connectivity index (χ4n) is 3.59. The molecule has 4 N–H and O–H groups in total. The van der Waals surface area contributed by atoms with Gasteiger partial charge in [0, 0.05) is 23.1 Å². The minimum Gasteiger partial charge on any atom is -0.481 e. The van der Waals surface area contributed by atoms with Crippen molar-refractivity contribution in [2.75, 3.05) is 5.75 Å². The van der Waals surface area contributed by atoms with E-state index >= 15 is 0 Å². The van der Waals surface area contributed by atoms with E-state index in [2.05, 4.69) is 17.6 Å². The second-order valence-electron chi connectivity index (χ2n) is 7.22. The van der Waals surface area contributed by atoms with E-state index in [9.17, 15) is 15.1 Å². The van der Waals surface area contributed by atoms with Gasteiger partial charge in [-0.2, -0.15) is 0 Å². The first-order valence-electron chi connectivity index (χ1n) is 9.90. The second kappa shape index (κ2) is 12.8. The van der Waals surface area contributed by atoms with Crippen molar-refractivity contribution in [2.45, 2.75) is 55.6 Å². The first-order valence-corrected chi connectivity index (χ1v) is 10.9. The molecule has 6 heteroatoms. The molecule has 0 aromatic heterocycles. The van der Waals surface area contributed by atoms with Crippen molar-refractivity contribution in [2.24, 2.45) is 11.8 Å². The molecule has 1 aromatic rings. The monoisotopic (exact) mass is 405 g/mol. The zero-order valence-electron chi connectivity index (χ0n) is 16.1. The Bertz CT molecular complexity index is 635. The summed E-state index contributed by atoms with van der Waals surface area (Å²) in [6, 6.07) is 10.0. The van der Waals surface area contributed by atoms with Gasteiger partial charge in [-0.1, -0.05) is 42.5 Å². The number of aliphatic hydroxyl groups excluding tert-OH is 1. The molecule has 28 heavy (non-hydrogen) atoms.